The second kappa shape index (κ2) is 5.72. The van der Waals surface area contributed by atoms with Crippen LogP contribution in [0.3, 0.4) is 0 Å². The smallest absolute Gasteiger partial charge is 0.432 e. The molecule has 0 atom stereocenters. The molecule has 0 saturated carbocycles. The third-order valence-electron chi connectivity index (χ3n) is 1.72. The molecule has 0 radical (unpaired) electrons. The highest BCUT2D eigenvalue weighted by Crippen LogP contribution is 2.03. The minimum Gasteiger partial charge on any atom is -0.480 e. The van der Waals surface area contributed by atoms with Gasteiger partial charge in [0.15, 0.2) is 0 Å². The average Bonchev–Trinajstić information content (AvgIpc) is 2.25. The van der Waals surface area contributed by atoms with Gasteiger partial charge in [-0.25, -0.2) is 4.79 Å². The fourth-order valence-corrected chi connectivity index (χ4v) is 1.02. The van der Waals surface area contributed by atoms with Crippen LogP contribution in [0, 0.1) is 0 Å². The number of hydrogen-bond donors (Lipinski definition) is 2. The molecule has 0 bridgehead atoms. The Balaban J connectivity index is 2.50. The van der Waals surface area contributed by atoms with E-state index in [1.165, 1.54) is 0 Å². The van der Waals surface area contributed by atoms with Gasteiger partial charge in [0.2, 0.25) is 0 Å². The van der Waals surface area contributed by atoms with Gasteiger partial charge in [0.05, 0.1) is 0 Å². The number of rotatable bonds is 5. The lowest BCUT2D eigenvalue weighted by Crippen LogP contribution is -2.34. The van der Waals surface area contributed by atoms with E-state index in [1.807, 2.05) is 6.07 Å². The summed E-state index contributed by atoms with van der Waals surface area (Å²) in [5.41, 5.74) is 0.763. The molecular formula is C10H11NO5. The van der Waals surface area contributed by atoms with E-state index in [1.54, 1.807) is 24.3 Å². The molecular weight excluding hydrogens is 214 g/mol. The maximum Gasteiger partial charge on any atom is 0.432 e. The van der Waals surface area contributed by atoms with Gasteiger partial charge in [-0.05, 0) is 5.56 Å². The Bertz CT molecular complexity index is 365. The first kappa shape index (κ1) is 12.0. The highest BCUT2D eigenvalue weighted by molar-refractivity contribution is 5.74. The van der Waals surface area contributed by atoms with Crippen LogP contribution in [0.2, 0.25) is 0 Å². The van der Waals surface area contributed by atoms with E-state index in [0.717, 1.165) is 5.56 Å². The van der Waals surface area contributed by atoms with Crippen LogP contribution in [0.1, 0.15) is 5.56 Å². The molecule has 0 aliphatic heterocycles. The van der Waals surface area contributed by atoms with Gasteiger partial charge in [-0.2, -0.15) is 5.06 Å². The molecule has 6 heteroatoms. The zero-order valence-electron chi connectivity index (χ0n) is 8.37. The van der Waals surface area contributed by atoms with Crippen molar-refractivity contribution in [3.05, 3.63) is 35.9 Å². The zero-order valence-corrected chi connectivity index (χ0v) is 8.37. The number of carboxylic acid groups (broad SMARTS) is 2. The monoisotopic (exact) mass is 225 g/mol. The van der Waals surface area contributed by atoms with Crippen molar-refractivity contribution in [1.29, 1.82) is 0 Å². The van der Waals surface area contributed by atoms with E-state index in [2.05, 4.69) is 0 Å². The highest BCUT2D eigenvalue weighted by Gasteiger charge is 2.16. The topological polar surface area (TPSA) is 87.1 Å². The molecule has 86 valence electrons. The van der Waals surface area contributed by atoms with Crippen molar-refractivity contribution in [1.82, 2.24) is 5.06 Å². The number of carbonyl (C=O) groups is 2. The van der Waals surface area contributed by atoms with Crippen LogP contribution in [0.25, 0.3) is 0 Å². The van der Waals surface area contributed by atoms with Gasteiger partial charge >= 0.3 is 12.1 Å². The van der Waals surface area contributed by atoms with Crippen LogP contribution < -0.4 is 0 Å². The third-order valence-corrected chi connectivity index (χ3v) is 1.72. The summed E-state index contributed by atoms with van der Waals surface area (Å²) in [4.78, 5) is 25.8. The maximum absolute atomic E-state index is 10.6. The molecule has 1 amide bonds. The largest absolute Gasteiger partial charge is 0.480 e. The predicted octanol–water partition coefficient (Wildman–Crippen LogP) is 1.18. The average molecular weight is 225 g/mol. The third kappa shape index (κ3) is 3.97. The summed E-state index contributed by atoms with van der Waals surface area (Å²) in [6.07, 6.45) is -1.43. The van der Waals surface area contributed by atoms with E-state index in [-0.39, 0.29) is 6.61 Å². The molecule has 6 nitrogen and oxygen atoms in total. The summed E-state index contributed by atoms with van der Waals surface area (Å²) >= 11 is 0. The van der Waals surface area contributed by atoms with E-state index in [9.17, 15) is 9.59 Å². The number of aliphatic carboxylic acids is 1. The first-order valence-corrected chi connectivity index (χ1v) is 4.48. The standard InChI is InChI=1S/C10H11NO5/c12-9(13)6-11(10(14)15)16-7-8-4-2-1-3-5-8/h1-5H,6-7H2,(H,12,13)(H,14,15). The molecule has 0 heterocycles. The molecule has 0 fully saturated rings. The van der Waals surface area contributed by atoms with Crippen LogP contribution in [-0.4, -0.2) is 33.9 Å². The van der Waals surface area contributed by atoms with Crippen LogP contribution in [-0.2, 0) is 16.2 Å². The Morgan fingerprint density at radius 3 is 2.31 bits per heavy atom. The Labute approximate surface area is 91.6 Å². The molecule has 0 saturated heterocycles. The summed E-state index contributed by atoms with van der Waals surface area (Å²) in [5, 5.41) is 17.5. The molecule has 1 aromatic carbocycles. The predicted molar refractivity (Wildman–Crippen MR) is 53.6 cm³/mol. The molecule has 16 heavy (non-hydrogen) atoms. The molecule has 1 aromatic rings. The van der Waals surface area contributed by atoms with Crippen LogP contribution in [0.4, 0.5) is 4.79 Å². The fourth-order valence-electron chi connectivity index (χ4n) is 1.02. The minimum atomic E-state index is -1.43. The molecule has 0 aliphatic rings. The van der Waals surface area contributed by atoms with E-state index in [0.29, 0.717) is 5.06 Å². The first-order chi connectivity index (χ1) is 7.59. The zero-order chi connectivity index (χ0) is 12.0. The van der Waals surface area contributed by atoms with Crippen molar-refractivity contribution >= 4 is 12.1 Å². The van der Waals surface area contributed by atoms with Gasteiger partial charge in [0, 0.05) is 0 Å². The lowest BCUT2D eigenvalue weighted by molar-refractivity contribution is -0.166. The van der Waals surface area contributed by atoms with Gasteiger partial charge in [-0.1, -0.05) is 30.3 Å². The minimum absolute atomic E-state index is 0.0143. The van der Waals surface area contributed by atoms with E-state index >= 15 is 0 Å². The number of carboxylic acids is 1. The van der Waals surface area contributed by atoms with Crippen molar-refractivity contribution in [2.75, 3.05) is 6.54 Å². The lowest BCUT2D eigenvalue weighted by Gasteiger charge is -2.16. The number of benzene rings is 1. The summed E-state index contributed by atoms with van der Waals surface area (Å²) < 4.78 is 0. The highest BCUT2D eigenvalue weighted by atomic mass is 16.7. The molecule has 2 N–H and O–H groups in total. The molecule has 1 rings (SSSR count). The summed E-state index contributed by atoms with van der Waals surface area (Å²) in [6, 6.07) is 8.87. The fraction of sp³-hybridized carbons (Fsp3) is 0.200. The van der Waals surface area contributed by atoms with Gasteiger partial charge in [-0.3, -0.25) is 9.63 Å². The summed E-state index contributed by atoms with van der Waals surface area (Å²) in [7, 11) is 0. The van der Waals surface area contributed by atoms with Gasteiger partial charge < -0.3 is 10.2 Å². The number of nitrogens with zero attached hydrogens (tertiary/aromatic N) is 1. The van der Waals surface area contributed by atoms with Crippen molar-refractivity contribution in [3.63, 3.8) is 0 Å². The summed E-state index contributed by atoms with van der Waals surface area (Å²) in [5.74, 6) is -1.27. The molecule has 0 spiro atoms. The van der Waals surface area contributed by atoms with Crippen LogP contribution >= 0.6 is 0 Å². The van der Waals surface area contributed by atoms with Crippen LogP contribution in [0.15, 0.2) is 30.3 Å². The second-order valence-corrected chi connectivity index (χ2v) is 2.97. The van der Waals surface area contributed by atoms with Crippen molar-refractivity contribution in [2.45, 2.75) is 6.61 Å². The van der Waals surface area contributed by atoms with Crippen molar-refractivity contribution in [2.24, 2.45) is 0 Å². The summed E-state index contributed by atoms with van der Waals surface area (Å²) in [6.45, 7) is -0.692. The quantitative estimate of drug-likeness (QED) is 0.735. The molecule has 0 unspecified atom stereocenters. The Morgan fingerprint density at radius 2 is 1.81 bits per heavy atom. The van der Waals surface area contributed by atoms with Crippen molar-refractivity contribution in [3.8, 4) is 0 Å². The van der Waals surface area contributed by atoms with Crippen LogP contribution in [0.5, 0.6) is 0 Å². The Kier molecular flexibility index (Phi) is 4.28. The first-order valence-electron chi connectivity index (χ1n) is 4.48. The molecule has 0 aliphatic carbocycles. The number of hydroxylamine groups is 2. The van der Waals surface area contributed by atoms with Gasteiger partial charge in [0.1, 0.15) is 13.2 Å². The van der Waals surface area contributed by atoms with Gasteiger partial charge in [0.25, 0.3) is 0 Å². The van der Waals surface area contributed by atoms with Crippen molar-refractivity contribution < 1.29 is 24.6 Å². The Morgan fingerprint density at radius 1 is 1.19 bits per heavy atom. The van der Waals surface area contributed by atoms with E-state index in [4.69, 9.17) is 15.1 Å². The SMILES string of the molecule is O=C(O)CN(OCc1ccccc1)C(=O)O. The van der Waals surface area contributed by atoms with E-state index < -0.39 is 18.6 Å². The Hall–Kier alpha value is -2.08. The number of hydrogen-bond acceptors (Lipinski definition) is 3. The second-order valence-electron chi connectivity index (χ2n) is 2.97. The maximum atomic E-state index is 10.6. The normalized spacial score (nSPS) is 9.75. The molecule has 0 aromatic heterocycles. The lowest BCUT2D eigenvalue weighted by atomic mass is 10.2. The number of amides is 1. The van der Waals surface area contributed by atoms with Gasteiger partial charge in [-0.15, -0.1) is 0 Å².